The SMILES string of the molecule is C[CH2][Zr](=[SiH2])([CH2]C)([c]1ccc2c(c1C)Cc1ccccc1-2)[c]1ccc2c(c1C)Cc1ccccc1-2.Cl.Cl. The van der Waals surface area contributed by atoms with Gasteiger partial charge in [0.15, 0.2) is 0 Å². The van der Waals surface area contributed by atoms with Gasteiger partial charge < -0.3 is 0 Å². The molecule has 2 aliphatic carbocycles. The van der Waals surface area contributed by atoms with Crippen LogP contribution in [0.4, 0.5) is 0 Å². The number of hydrogen-bond donors (Lipinski definition) is 0. The second-order valence-electron chi connectivity index (χ2n) is 10.8. The van der Waals surface area contributed by atoms with Gasteiger partial charge >= 0.3 is 208 Å². The topological polar surface area (TPSA) is 0 Å². The minimum Gasteiger partial charge on any atom is -0.147 e. The molecule has 0 N–H and O–H groups in total. The van der Waals surface area contributed by atoms with Crippen LogP contribution in [0.5, 0.6) is 0 Å². The van der Waals surface area contributed by atoms with Gasteiger partial charge in [0, 0.05) is 0 Å². The van der Waals surface area contributed by atoms with Crippen molar-refractivity contribution in [2.75, 3.05) is 0 Å². The Labute approximate surface area is 231 Å². The fraction of sp³-hybridized carbons (Fsp3) is 0.250. The van der Waals surface area contributed by atoms with Crippen LogP contribution in [0.15, 0.2) is 72.8 Å². The standard InChI is InChI=1S/2C14H11.2C2H5.2ClH.H2Si.Zr/c2*1-10-5-4-8-13-12-7-3-2-6-11(12)9-14(10)13;2*1-2;;;;/h2*2-4,6-8H,9H2,1H3;2*1H2,2H3;2*1H;1H2;. The molecule has 0 saturated carbocycles. The molecule has 6 rings (SSSR count). The van der Waals surface area contributed by atoms with Crippen LogP contribution in [0.2, 0.25) is 8.26 Å². The van der Waals surface area contributed by atoms with Crippen molar-refractivity contribution in [1.82, 2.24) is 0 Å². The predicted molar refractivity (Wildman–Crippen MR) is 162 cm³/mol. The van der Waals surface area contributed by atoms with E-state index in [2.05, 4.69) is 107 Å². The maximum Gasteiger partial charge on any atom is -0.147 e. The molecule has 186 valence electrons. The van der Waals surface area contributed by atoms with Gasteiger partial charge in [-0.2, -0.15) is 0 Å². The molecule has 0 amide bonds. The summed E-state index contributed by atoms with van der Waals surface area (Å²) in [6, 6.07) is 28.1. The van der Waals surface area contributed by atoms with E-state index in [9.17, 15) is 0 Å². The number of hydrogen-bond acceptors (Lipinski definition) is 0. The Hall–Kier alpha value is -1.44. The molecule has 2 aliphatic rings. The Kier molecular flexibility index (Phi) is 7.44. The molecule has 36 heavy (non-hydrogen) atoms. The summed E-state index contributed by atoms with van der Waals surface area (Å²) in [5.74, 6) is 0. The number of halogens is 2. The van der Waals surface area contributed by atoms with Crippen LogP contribution in [0.25, 0.3) is 22.3 Å². The Balaban J connectivity index is 0.00000152. The van der Waals surface area contributed by atoms with Gasteiger partial charge in [0.2, 0.25) is 0 Å². The molecule has 0 spiro atoms. The fourth-order valence-corrected chi connectivity index (χ4v) is 25.7. The van der Waals surface area contributed by atoms with Crippen LogP contribution in [0.1, 0.15) is 47.2 Å². The minimum atomic E-state index is -3.53. The number of rotatable bonds is 4. The van der Waals surface area contributed by atoms with Gasteiger partial charge in [0.25, 0.3) is 0 Å². The third-order valence-corrected chi connectivity index (χ3v) is 38.1. The molecule has 0 nitrogen and oxygen atoms in total. The average Bonchev–Trinajstić information content (AvgIpc) is 3.44. The van der Waals surface area contributed by atoms with Crippen molar-refractivity contribution in [2.45, 2.75) is 48.8 Å². The van der Waals surface area contributed by atoms with Crippen molar-refractivity contribution < 1.29 is 17.4 Å². The van der Waals surface area contributed by atoms with Crippen LogP contribution >= 0.6 is 24.8 Å². The molecular formula is C32H36Cl2SiZr. The van der Waals surface area contributed by atoms with E-state index in [0.717, 1.165) is 12.8 Å². The number of fused-ring (bicyclic) bond motifs is 6. The zero-order valence-electron chi connectivity index (χ0n) is 21.8. The zero-order valence-corrected chi connectivity index (χ0v) is 27.3. The zero-order chi connectivity index (χ0) is 23.7. The van der Waals surface area contributed by atoms with Crippen molar-refractivity contribution in [3.05, 3.63) is 106 Å². The fourth-order valence-electron chi connectivity index (χ4n) is 7.31. The van der Waals surface area contributed by atoms with Gasteiger partial charge in [-0.25, -0.2) is 0 Å². The molecule has 0 unspecified atom stereocenters. The summed E-state index contributed by atoms with van der Waals surface area (Å²) in [5.41, 5.74) is 15.1. The molecule has 0 radical (unpaired) electrons. The van der Waals surface area contributed by atoms with Crippen molar-refractivity contribution in [2.24, 2.45) is 0 Å². The summed E-state index contributed by atoms with van der Waals surface area (Å²) in [4.78, 5) is 0. The average molecular weight is 611 g/mol. The van der Waals surface area contributed by atoms with E-state index < -0.39 is 17.4 Å². The molecule has 0 atom stereocenters. The van der Waals surface area contributed by atoms with Crippen molar-refractivity contribution >= 4 is 38.2 Å². The van der Waals surface area contributed by atoms with Gasteiger partial charge in [-0.3, -0.25) is 0 Å². The van der Waals surface area contributed by atoms with E-state index in [1.165, 1.54) is 41.6 Å². The van der Waals surface area contributed by atoms with Crippen molar-refractivity contribution in [3.63, 3.8) is 0 Å². The Morgan fingerprint density at radius 2 is 0.972 bits per heavy atom. The van der Waals surface area contributed by atoms with Gasteiger partial charge in [-0.15, -0.1) is 24.8 Å². The van der Waals surface area contributed by atoms with Crippen LogP contribution in [0, 0.1) is 13.8 Å². The first kappa shape index (κ1) is 27.6. The van der Waals surface area contributed by atoms with Gasteiger partial charge in [-0.1, -0.05) is 0 Å². The van der Waals surface area contributed by atoms with E-state index in [0.29, 0.717) is 0 Å². The number of benzene rings is 4. The van der Waals surface area contributed by atoms with Gasteiger partial charge in [-0.05, 0) is 0 Å². The molecule has 0 saturated heterocycles. The summed E-state index contributed by atoms with van der Waals surface area (Å²) in [5, 5.41) is 0. The molecule has 0 bridgehead atoms. The molecule has 4 aromatic carbocycles. The second kappa shape index (κ2) is 9.70. The molecule has 0 aliphatic heterocycles. The largest absolute Gasteiger partial charge is 0.147 e. The smallest absolute Gasteiger partial charge is 0.147 e. The van der Waals surface area contributed by atoms with Crippen molar-refractivity contribution in [3.8, 4) is 22.3 Å². The normalized spacial score (nSPS) is 13.1. The Morgan fingerprint density at radius 1 is 0.583 bits per heavy atom. The van der Waals surface area contributed by atoms with Crippen LogP contribution in [-0.2, 0) is 30.2 Å². The Morgan fingerprint density at radius 3 is 1.36 bits per heavy atom. The summed E-state index contributed by atoms with van der Waals surface area (Å²) in [6.07, 6.45) is 2.18. The van der Waals surface area contributed by atoms with E-state index in [-0.39, 0.29) is 24.8 Å². The molecule has 4 aromatic rings. The first-order valence-electron chi connectivity index (χ1n) is 12.9. The van der Waals surface area contributed by atoms with Crippen LogP contribution < -0.4 is 6.54 Å². The molecule has 4 heteroatoms. The summed E-state index contributed by atoms with van der Waals surface area (Å²) in [6.45, 7) is 12.3. The molecule has 0 fully saturated rings. The van der Waals surface area contributed by atoms with E-state index in [1.54, 1.807) is 28.8 Å². The third-order valence-electron chi connectivity index (χ3n) is 9.67. The first-order chi connectivity index (χ1) is 16.4. The maximum absolute atomic E-state index is 3.53. The van der Waals surface area contributed by atoms with E-state index in [1.807, 2.05) is 0 Å². The van der Waals surface area contributed by atoms with E-state index in [4.69, 9.17) is 0 Å². The molecule has 0 aromatic heterocycles. The monoisotopic (exact) mass is 608 g/mol. The van der Waals surface area contributed by atoms with Crippen LogP contribution in [-0.4, -0.2) is 6.88 Å². The van der Waals surface area contributed by atoms with Crippen molar-refractivity contribution in [1.29, 1.82) is 0 Å². The molecular weight excluding hydrogens is 575 g/mol. The summed E-state index contributed by atoms with van der Waals surface area (Å²) in [7, 11) is 0. The summed E-state index contributed by atoms with van der Waals surface area (Å²) < 4.78 is 6.06. The quantitative estimate of drug-likeness (QED) is 0.183. The second-order valence-corrected chi connectivity index (χ2v) is 36.6. The Bertz CT molecular complexity index is 1450. The third kappa shape index (κ3) is 3.63. The van der Waals surface area contributed by atoms with Gasteiger partial charge in [0.1, 0.15) is 0 Å². The molecule has 0 heterocycles. The minimum absolute atomic E-state index is 0. The van der Waals surface area contributed by atoms with Gasteiger partial charge in [0.05, 0.1) is 0 Å². The first-order valence-corrected chi connectivity index (χ1v) is 24.7. The van der Waals surface area contributed by atoms with E-state index >= 15 is 0 Å². The maximum atomic E-state index is 2.56. The van der Waals surface area contributed by atoms with Crippen LogP contribution in [0.3, 0.4) is 0 Å². The summed E-state index contributed by atoms with van der Waals surface area (Å²) >= 11 is -3.53. The predicted octanol–water partition coefficient (Wildman–Crippen LogP) is 7.35.